The molecule has 6 heteroatoms. The fraction of sp³-hybridized carbons (Fsp3) is 0. The fourth-order valence-electron chi connectivity index (χ4n) is 3.37. The minimum atomic E-state index is 0.453. The number of anilines is 4. The molecule has 0 atom stereocenters. The molecule has 0 radical (unpaired) electrons. The van der Waals surface area contributed by atoms with Gasteiger partial charge in [0.05, 0.1) is 34.6 Å². The maximum Gasteiger partial charge on any atom is 0.111 e. The molecular formula is C25H24N6. The number of rotatable bonds is 2. The Balaban J connectivity index is 0.000000150. The number of hydrogen-bond acceptors (Lipinski definition) is 5. The minimum absolute atomic E-state index is 0.453. The summed E-state index contributed by atoms with van der Waals surface area (Å²) in [7, 11) is 0. The van der Waals surface area contributed by atoms with Crippen LogP contribution in [-0.4, -0.2) is 9.97 Å². The summed E-state index contributed by atoms with van der Waals surface area (Å²) < 4.78 is 0. The Hall–Kier alpha value is -4.45. The summed E-state index contributed by atoms with van der Waals surface area (Å²) >= 11 is 0. The van der Waals surface area contributed by atoms with Crippen LogP contribution in [0.4, 0.5) is 22.7 Å². The highest BCUT2D eigenvalue weighted by Crippen LogP contribution is 2.30. The molecule has 0 saturated carbocycles. The number of hydrogen-bond donors (Lipinski definition) is 5. The minimum Gasteiger partial charge on any atom is -0.397 e. The molecule has 5 aromatic rings. The van der Waals surface area contributed by atoms with E-state index in [1.807, 2.05) is 66.7 Å². The zero-order chi connectivity index (χ0) is 21.8. The molecule has 1 aromatic heterocycles. The van der Waals surface area contributed by atoms with Gasteiger partial charge in [0.25, 0.3) is 0 Å². The lowest BCUT2D eigenvalue weighted by atomic mass is 10.0. The molecule has 154 valence electrons. The van der Waals surface area contributed by atoms with Crippen LogP contribution in [0.5, 0.6) is 0 Å². The van der Waals surface area contributed by atoms with E-state index in [2.05, 4.69) is 28.2 Å². The van der Waals surface area contributed by atoms with Gasteiger partial charge in [0.1, 0.15) is 5.52 Å². The second-order valence-corrected chi connectivity index (χ2v) is 7.16. The van der Waals surface area contributed by atoms with Crippen molar-refractivity contribution in [1.29, 1.82) is 0 Å². The molecule has 0 bridgehead atoms. The first-order valence-electron chi connectivity index (χ1n) is 9.81. The van der Waals surface area contributed by atoms with Crippen LogP contribution in [0.15, 0.2) is 91.3 Å². The topological polar surface area (TPSA) is 133 Å². The molecule has 0 saturated heterocycles. The number of nitrogen functional groups attached to an aromatic ring is 4. The molecule has 0 amide bonds. The highest BCUT2D eigenvalue weighted by Gasteiger charge is 2.05. The number of H-pyrrole nitrogens is 1. The van der Waals surface area contributed by atoms with Crippen LogP contribution in [0.25, 0.3) is 33.3 Å². The van der Waals surface area contributed by atoms with Gasteiger partial charge in [-0.15, -0.1) is 0 Å². The van der Waals surface area contributed by atoms with E-state index in [1.165, 1.54) is 0 Å². The Kier molecular flexibility index (Phi) is 5.45. The lowest BCUT2D eigenvalue weighted by Crippen LogP contribution is -2.00. The van der Waals surface area contributed by atoms with Crippen molar-refractivity contribution >= 4 is 33.8 Å². The Bertz CT molecular complexity index is 1290. The predicted molar refractivity (Wildman–Crippen MR) is 131 cm³/mol. The normalized spacial score (nSPS) is 10.5. The number of nitrogens with zero attached hydrogens (tertiary/aromatic N) is 1. The van der Waals surface area contributed by atoms with Gasteiger partial charge < -0.3 is 27.9 Å². The summed E-state index contributed by atoms with van der Waals surface area (Å²) in [4.78, 5) is 7.25. The van der Waals surface area contributed by atoms with Gasteiger partial charge in [0.15, 0.2) is 0 Å². The van der Waals surface area contributed by atoms with Crippen molar-refractivity contribution in [2.45, 2.75) is 0 Å². The smallest absolute Gasteiger partial charge is 0.111 e. The van der Waals surface area contributed by atoms with Gasteiger partial charge in [-0.05, 0) is 46.5 Å². The average molecular weight is 409 g/mol. The van der Waals surface area contributed by atoms with Gasteiger partial charge in [-0.3, -0.25) is 0 Å². The summed E-state index contributed by atoms with van der Waals surface area (Å²) in [5, 5.41) is 0. The van der Waals surface area contributed by atoms with Gasteiger partial charge in [-0.1, -0.05) is 60.7 Å². The summed E-state index contributed by atoms with van der Waals surface area (Å²) in [6.07, 6.45) is 1.66. The van der Waals surface area contributed by atoms with Gasteiger partial charge in [-0.25, -0.2) is 4.98 Å². The maximum absolute atomic E-state index is 5.96. The van der Waals surface area contributed by atoms with E-state index < -0.39 is 0 Å². The molecule has 0 fully saturated rings. The number of benzene rings is 4. The Morgan fingerprint density at radius 3 is 1.58 bits per heavy atom. The van der Waals surface area contributed by atoms with E-state index in [0.717, 1.165) is 33.3 Å². The van der Waals surface area contributed by atoms with Gasteiger partial charge in [0, 0.05) is 0 Å². The van der Waals surface area contributed by atoms with Gasteiger partial charge in [0.2, 0.25) is 0 Å². The van der Waals surface area contributed by atoms with E-state index in [4.69, 9.17) is 22.9 Å². The summed E-state index contributed by atoms with van der Waals surface area (Å²) in [6, 6.07) is 27.8. The number of fused-ring (bicyclic) bond motifs is 1. The first kappa shape index (κ1) is 19.8. The third-order valence-corrected chi connectivity index (χ3v) is 5.01. The standard InChI is InChI=1S/C13H11N3.C12H13N3/c14-11-6-10(9-4-2-1-3-5-9)7-12-13(11)16-8-15-12;13-10-6-9(7-11(14)12(10)15)8-4-2-1-3-5-8/h1-8H,14H2,(H,15,16);1-7H,13-15H2. The Morgan fingerprint density at radius 1 is 0.548 bits per heavy atom. The first-order chi connectivity index (χ1) is 15.0. The third-order valence-electron chi connectivity index (χ3n) is 5.01. The Morgan fingerprint density at radius 2 is 1.03 bits per heavy atom. The number of nitrogens with one attached hydrogen (secondary N) is 1. The average Bonchev–Trinajstić information content (AvgIpc) is 3.28. The number of aromatic nitrogens is 2. The summed E-state index contributed by atoms with van der Waals surface area (Å²) in [5.74, 6) is 0. The van der Waals surface area contributed by atoms with Crippen molar-refractivity contribution in [2.24, 2.45) is 0 Å². The summed E-state index contributed by atoms with van der Waals surface area (Å²) in [5.41, 5.74) is 31.5. The molecule has 4 aromatic carbocycles. The van der Waals surface area contributed by atoms with E-state index >= 15 is 0 Å². The number of imidazole rings is 1. The maximum atomic E-state index is 5.96. The quantitative estimate of drug-likeness (QED) is 0.265. The van der Waals surface area contributed by atoms with E-state index in [0.29, 0.717) is 22.7 Å². The lowest BCUT2D eigenvalue weighted by Gasteiger charge is -2.08. The van der Waals surface area contributed by atoms with Crippen LogP contribution in [0.2, 0.25) is 0 Å². The summed E-state index contributed by atoms with van der Waals surface area (Å²) in [6.45, 7) is 0. The van der Waals surface area contributed by atoms with Crippen molar-refractivity contribution in [3.63, 3.8) is 0 Å². The van der Waals surface area contributed by atoms with Crippen LogP contribution < -0.4 is 22.9 Å². The zero-order valence-corrected chi connectivity index (χ0v) is 16.9. The largest absolute Gasteiger partial charge is 0.397 e. The van der Waals surface area contributed by atoms with Crippen LogP contribution in [-0.2, 0) is 0 Å². The molecule has 0 spiro atoms. The second-order valence-electron chi connectivity index (χ2n) is 7.16. The van der Waals surface area contributed by atoms with Crippen molar-refractivity contribution in [1.82, 2.24) is 9.97 Å². The highest BCUT2D eigenvalue weighted by molar-refractivity contribution is 5.91. The molecule has 5 rings (SSSR count). The first-order valence-corrected chi connectivity index (χ1v) is 9.81. The van der Waals surface area contributed by atoms with Crippen molar-refractivity contribution in [3.8, 4) is 22.3 Å². The molecule has 1 heterocycles. The van der Waals surface area contributed by atoms with E-state index in [-0.39, 0.29) is 0 Å². The molecule has 31 heavy (non-hydrogen) atoms. The predicted octanol–water partition coefficient (Wildman–Crippen LogP) is 4.91. The number of aromatic amines is 1. The molecule has 0 aliphatic rings. The molecular weight excluding hydrogens is 384 g/mol. The van der Waals surface area contributed by atoms with Crippen molar-refractivity contribution in [2.75, 3.05) is 22.9 Å². The van der Waals surface area contributed by atoms with Crippen LogP contribution in [0.3, 0.4) is 0 Å². The van der Waals surface area contributed by atoms with E-state index in [9.17, 15) is 0 Å². The SMILES string of the molecule is Nc1cc(-c2ccccc2)cc(N)c1N.Nc1cc(-c2ccccc2)cc2[nH]cnc12. The van der Waals surface area contributed by atoms with Crippen LogP contribution in [0, 0.1) is 0 Å². The van der Waals surface area contributed by atoms with Crippen molar-refractivity contribution < 1.29 is 0 Å². The highest BCUT2D eigenvalue weighted by atomic mass is 14.9. The molecule has 0 aliphatic heterocycles. The lowest BCUT2D eigenvalue weighted by molar-refractivity contribution is 1.34. The Labute approximate surface area is 180 Å². The second kappa shape index (κ2) is 8.51. The molecule has 6 nitrogen and oxygen atoms in total. The van der Waals surface area contributed by atoms with Gasteiger partial charge >= 0.3 is 0 Å². The van der Waals surface area contributed by atoms with Crippen LogP contribution in [0.1, 0.15) is 0 Å². The third kappa shape index (κ3) is 4.28. The van der Waals surface area contributed by atoms with Gasteiger partial charge in [-0.2, -0.15) is 0 Å². The van der Waals surface area contributed by atoms with Crippen LogP contribution >= 0.6 is 0 Å². The van der Waals surface area contributed by atoms with E-state index in [1.54, 1.807) is 6.33 Å². The molecule has 0 unspecified atom stereocenters. The van der Waals surface area contributed by atoms with Crippen molar-refractivity contribution in [3.05, 3.63) is 91.3 Å². The monoisotopic (exact) mass is 408 g/mol. The number of nitrogens with two attached hydrogens (primary N) is 4. The fourth-order valence-corrected chi connectivity index (χ4v) is 3.37. The molecule has 9 N–H and O–H groups in total. The molecule has 0 aliphatic carbocycles. The zero-order valence-electron chi connectivity index (χ0n) is 16.9.